The Morgan fingerprint density at radius 2 is 1.18 bits per heavy atom. The molecule has 0 saturated carbocycles. The molecule has 1 aliphatic heterocycles. The van der Waals surface area contributed by atoms with Gasteiger partial charge in [0.1, 0.15) is 11.4 Å². The van der Waals surface area contributed by atoms with E-state index in [4.69, 9.17) is 4.98 Å². The summed E-state index contributed by atoms with van der Waals surface area (Å²) in [5, 5.41) is 9.07. The summed E-state index contributed by atoms with van der Waals surface area (Å²) in [4.78, 5) is 20.8. The standard InChI is InChI=1S/C32H26N4OS/c1-22(31(37)36-27-18-10-8-12-23(27)20-21-24-13-9-11-19-28(24)36)38-32-33-29(25-14-4-2-5-15-25)30(34-35-32)26-16-6-3-7-17-26/h2-19,22H,20-21H2,1H3. The van der Waals surface area contributed by atoms with Crippen LogP contribution in [0.4, 0.5) is 11.4 Å². The Hall–Kier alpha value is -4.29. The number of hydrogen-bond donors (Lipinski definition) is 0. The fraction of sp³-hybridized carbons (Fsp3) is 0.125. The van der Waals surface area contributed by atoms with Crippen molar-refractivity contribution < 1.29 is 4.79 Å². The van der Waals surface area contributed by atoms with E-state index in [1.54, 1.807) is 0 Å². The number of nitrogens with zero attached hydrogens (tertiary/aromatic N) is 4. The first kappa shape index (κ1) is 24.1. The number of hydrogen-bond acceptors (Lipinski definition) is 5. The molecule has 1 amide bonds. The van der Waals surface area contributed by atoms with E-state index in [1.807, 2.05) is 109 Å². The third-order valence-electron chi connectivity index (χ3n) is 6.74. The summed E-state index contributed by atoms with van der Waals surface area (Å²) in [6.07, 6.45) is 1.79. The van der Waals surface area contributed by atoms with E-state index in [-0.39, 0.29) is 5.91 Å². The summed E-state index contributed by atoms with van der Waals surface area (Å²) < 4.78 is 0. The largest absolute Gasteiger partial charge is 0.280 e. The van der Waals surface area contributed by atoms with Gasteiger partial charge >= 0.3 is 0 Å². The summed E-state index contributed by atoms with van der Waals surface area (Å²) in [6.45, 7) is 1.92. The number of thioether (sulfide) groups is 1. The van der Waals surface area contributed by atoms with Crippen molar-refractivity contribution in [3.8, 4) is 22.5 Å². The lowest BCUT2D eigenvalue weighted by atomic mass is 10.0. The Morgan fingerprint density at radius 1 is 0.684 bits per heavy atom. The van der Waals surface area contributed by atoms with Gasteiger partial charge in [-0.1, -0.05) is 109 Å². The Balaban J connectivity index is 1.36. The maximum Gasteiger partial charge on any atom is 0.244 e. The van der Waals surface area contributed by atoms with Crippen molar-refractivity contribution in [1.82, 2.24) is 15.2 Å². The highest BCUT2D eigenvalue weighted by molar-refractivity contribution is 8.00. The van der Waals surface area contributed by atoms with Gasteiger partial charge in [-0.25, -0.2) is 4.98 Å². The average Bonchev–Trinajstić information content (AvgIpc) is 3.14. The lowest BCUT2D eigenvalue weighted by Gasteiger charge is -2.27. The van der Waals surface area contributed by atoms with E-state index in [0.717, 1.165) is 46.7 Å². The maximum absolute atomic E-state index is 14.1. The second-order valence-corrected chi connectivity index (χ2v) is 10.5. The summed E-state index contributed by atoms with van der Waals surface area (Å²) in [5.74, 6) is -0.00574. The highest BCUT2D eigenvalue weighted by Gasteiger charge is 2.30. The van der Waals surface area contributed by atoms with Crippen LogP contribution in [0.25, 0.3) is 22.5 Å². The smallest absolute Gasteiger partial charge is 0.244 e. The maximum atomic E-state index is 14.1. The minimum Gasteiger partial charge on any atom is -0.280 e. The van der Waals surface area contributed by atoms with Gasteiger partial charge in [0, 0.05) is 11.1 Å². The normalized spacial score (nSPS) is 13.2. The quantitative estimate of drug-likeness (QED) is 0.233. The van der Waals surface area contributed by atoms with Gasteiger partial charge in [-0.3, -0.25) is 9.69 Å². The van der Waals surface area contributed by atoms with Gasteiger partial charge in [-0.2, -0.15) is 0 Å². The number of para-hydroxylation sites is 2. The van der Waals surface area contributed by atoms with Crippen molar-refractivity contribution >= 4 is 29.0 Å². The number of aromatic nitrogens is 3. The van der Waals surface area contributed by atoms with Crippen LogP contribution in [0.3, 0.4) is 0 Å². The molecular weight excluding hydrogens is 488 g/mol. The number of anilines is 2. The SMILES string of the molecule is CC(Sc1nnc(-c2ccccc2)c(-c2ccccc2)n1)C(=O)N1c2ccccc2CCc2ccccc21. The van der Waals surface area contributed by atoms with Crippen LogP contribution in [-0.4, -0.2) is 26.3 Å². The Bertz CT molecular complexity index is 1540. The van der Waals surface area contributed by atoms with Crippen LogP contribution in [0, 0.1) is 0 Å². The van der Waals surface area contributed by atoms with Gasteiger partial charge in [0.15, 0.2) is 0 Å². The molecule has 0 N–H and O–H groups in total. The number of aryl methyl sites for hydroxylation is 2. The molecule has 0 bridgehead atoms. The molecule has 0 aliphatic carbocycles. The fourth-order valence-electron chi connectivity index (χ4n) is 4.86. The third kappa shape index (κ3) is 4.71. The second-order valence-electron chi connectivity index (χ2n) is 9.21. The lowest BCUT2D eigenvalue weighted by molar-refractivity contribution is -0.117. The number of benzene rings is 4. The molecule has 1 unspecified atom stereocenters. The van der Waals surface area contributed by atoms with E-state index >= 15 is 0 Å². The van der Waals surface area contributed by atoms with E-state index in [0.29, 0.717) is 5.16 Å². The molecule has 1 aliphatic rings. The summed E-state index contributed by atoms with van der Waals surface area (Å²) in [5.41, 5.74) is 7.60. The molecule has 186 valence electrons. The summed E-state index contributed by atoms with van der Waals surface area (Å²) in [7, 11) is 0. The number of carbonyl (C=O) groups is 1. The molecule has 2 heterocycles. The van der Waals surface area contributed by atoms with E-state index < -0.39 is 5.25 Å². The first-order chi connectivity index (χ1) is 18.7. The molecule has 0 spiro atoms. The summed E-state index contributed by atoms with van der Waals surface area (Å²) in [6, 6.07) is 36.3. The molecule has 0 saturated heterocycles. The molecule has 38 heavy (non-hydrogen) atoms. The molecule has 6 rings (SSSR count). The van der Waals surface area contributed by atoms with Crippen LogP contribution in [0.2, 0.25) is 0 Å². The van der Waals surface area contributed by atoms with Crippen molar-refractivity contribution in [2.45, 2.75) is 30.2 Å². The average molecular weight is 515 g/mol. The van der Waals surface area contributed by atoms with Crippen LogP contribution in [0.1, 0.15) is 18.1 Å². The third-order valence-corrected chi connectivity index (χ3v) is 7.68. The lowest BCUT2D eigenvalue weighted by Crippen LogP contribution is -2.33. The van der Waals surface area contributed by atoms with Crippen LogP contribution >= 0.6 is 11.8 Å². The minimum atomic E-state index is -0.429. The molecule has 0 fully saturated rings. The Labute approximate surface area is 226 Å². The van der Waals surface area contributed by atoms with Gasteiger partial charge < -0.3 is 0 Å². The molecule has 1 aromatic heterocycles. The molecular formula is C32H26N4OS. The molecule has 6 heteroatoms. The van der Waals surface area contributed by atoms with Crippen molar-refractivity contribution in [2.24, 2.45) is 0 Å². The van der Waals surface area contributed by atoms with Crippen LogP contribution in [0.15, 0.2) is 114 Å². The number of rotatable bonds is 5. The zero-order valence-electron chi connectivity index (χ0n) is 21.0. The molecule has 4 aromatic carbocycles. The second kappa shape index (κ2) is 10.6. The van der Waals surface area contributed by atoms with Gasteiger partial charge in [-0.05, 0) is 43.0 Å². The van der Waals surface area contributed by atoms with Crippen molar-refractivity contribution in [3.05, 3.63) is 120 Å². The van der Waals surface area contributed by atoms with E-state index in [2.05, 4.69) is 22.3 Å². The van der Waals surface area contributed by atoms with Gasteiger partial charge in [0.25, 0.3) is 0 Å². The molecule has 0 radical (unpaired) electrons. The topological polar surface area (TPSA) is 59.0 Å². The van der Waals surface area contributed by atoms with Crippen LogP contribution < -0.4 is 4.90 Å². The fourth-order valence-corrected chi connectivity index (χ4v) is 5.61. The van der Waals surface area contributed by atoms with Crippen LogP contribution in [-0.2, 0) is 17.6 Å². The van der Waals surface area contributed by atoms with Crippen molar-refractivity contribution in [2.75, 3.05) is 4.90 Å². The van der Waals surface area contributed by atoms with Crippen molar-refractivity contribution in [3.63, 3.8) is 0 Å². The Morgan fingerprint density at radius 3 is 1.76 bits per heavy atom. The predicted molar refractivity (Wildman–Crippen MR) is 153 cm³/mol. The highest BCUT2D eigenvalue weighted by Crippen LogP contribution is 2.38. The molecule has 5 nitrogen and oxygen atoms in total. The minimum absolute atomic E-state index is 0.00574. The zero-order valence-corrected chi connectivity index (χ0v) is 21.8. The molecule has 5 aromatic rings. The van der Waals surface area contributed by atoms with Gasteiger partial charge in [0.05, 0.1) is 16.6 Å². The number of amides is 1. The van der Waals surface area contributed by atoms with Gasteiger partial charge in [0.2, 0.25) is 11.1 Å². The predicted octanol–water partition coefficient (Wildman–Crippen LogP) is 7.15. The van der Waals surface area contributed by atoms with Crippen molar-refractivity contribution in [1.29, 1.82) is 0 Å². The summed E-state index contributed by atoms with van der Waals surface area (Å²) >= 11 is 1.34. The highest BCUT2D eigenvalue weighted by atomic mass is 32.2. The van der Waals surface area contributed by atoms with Crippen LogP contribution in [0.5, 0.6) is 0 Å². The zero-order chi connectivity index (χ0) is 25.9. The Kier molecular flexibility index (Phi) is 6.71. The van der Waals surface area contributed by atoms with E-state index in [1.165, 1.54) is 22.9 Å². The first-order valence-corrected chi connectivity index (χ1v) is 13.6. The molecule has 1 atom stereocenters. The monoisotopic (exact) mass is 514 g/mol. The van der Waals surface area contributed by atoms with E-state index in [9.17, 15) is 4.79 Å². The number of fused-ring (bicyclic) bond motifs is 2. The number of carbonyl (C=O) groups excluding carboxylic acids is 1. The first-order valence-electron chi connectivity index (χ1n) is 12.7. The van der Waals surface area contributed by atoms with Gasteiger partial charge in [-0.15, -0.1) is 10.2 Å².